The quantitative estimate of drug-likeness (QED) is 0.655. The molecule has 4 rings (SSSR count). The van der Waals surface area contributed by atoms with E-state index in [2.05, 4.69) is 27.4 Å². The molecule has 0 spiro atoms. The standard InChI is InChI=1S/C22H26N4O2/c1-22(2,3)28-21(27)26-19(12-14-4-5-14)20-24-17-7-6-16(13-18(17)25-20)15-8-10-23-11-9-15/h6-11,13-14,19H,4-5,12H2,1-3H3,(H,24,25)(H,26,27)/t19-/m1/s1. The van der Waals surface area contributed by atoms with Gasteiger partial charge in [-0.2, -0.15) is 0 Å². The number of carbonyl (C=O) groups is 1. The fraction of sp³-hybridized carbons (Fsp3) is 0.409. The lowest BCUT2D eigenvalue weighted by Crippen LogP contribution is -2.35. The van der Waals surface area contributed by atoms with E-state index in [4.69, 9.17) is 9.72 Å². The first-order valence-electron chi connectivity index (χ1n) is 9.77. The molecule has 0 unspecified atom stereocenters. The van der Waals surface area contributed by atoms with E-state index < -0.39 is 11.7 Å². The Morgan fingerprint density at radius 1 is 1.21 bits per heavy atom. The Hall–Kier alpha value is -2.89. The fourth-order valence-corrected chi connectivity index (χ4v) is 3.29. The largest absolute Gasteiger partial charge is 0.444 e. The van der Waals surface area contributed by atoms with E-state index in [-0.39, 0.29) is 6.04 Å². The Labute approximate surface area is 164 Å². The Kier molecular flexibility index (Phi) is 4.79. The zero-order valence-corrected chi connectivity index (χ0v) is 16.5. The minimum atomic E-state index is -0.526. The van der Waals surface area contributed by atoms with Gasteiger partial charge in [-0.25, -0.2) is 9.78 Å². The summed E-state index contributed by atoms with van der Waals surface area (Å²) in [5.74, 6) is 1.42. The minimum Gasteiger partial charge on any atom is -0.444 e. The average Bonchev–Trinajstić information content (AvgIpc) is 3.35. The molecule has 0 radical (unpaired) electrons. The van der Waals surface area contributed by atoms with E-state index in [9.17, 15) is 4.79 Å². The summed E-state index contributed by atoms with van der Waals surface area (Å²) in [6.07, 6.45) is 6.45. The van der Waals surface area contributed by atoms with Crippen LogP contribution < -0.4 is 5.32 Å². The van der Waals surface area contributed by atoms with Crippen LogP contribution in [-0.4, -0.2) is 26.6 Å². The van der Waals surface area contributed by atoms with Gasteiger partial charge in [0.2, 0.25) is 0 Å². The molecule has 2 N–H and O–H groups in total. The predicted molar refractivity (Wildman–Crippen MR) is 109 cm³/mol. The van der Waals surface area contributed by atoms with Gasteiger partial charge in [0.05, 0.1) is 17.1 Å². The minimum absolute atomic E-state index is 0.181. The van der Waals surface area contributed by atoms with Crippen LogP contribution in [0.1, 0.15) is 51.9 Å². The molecule has 0 saturated heterocycles. The average molecular weight is 378 g/mol. The van der Waals surface area contributed by atoms with Crippen molar-refractivity contribution in [2.45, 2.75) is 51.7 Å². The van der Waals surface area contributed by atoms with Gasteiger partial charge in [-0.15, -0.1) is 0 Å². The number of ether oxygens (including phenoxy) is 1. The first kappa shape index (κ1) is 18.5. The Morgan fingerprint density at radius 3 is 2.64 bits per heavy atom. The van der Waals surface area contributed by atoms with E-state index in [1.807, 2.05) is 39.0 Å². The molecule has 146 valence electrons. The van der Waals surface area contributed by atoms with Crippen LogP contribution in [0, 0.1) is 5.92 Å². The van der Waals surface area contributed by atoms with Gasteiger partial charge in [-0.1, -0.05) is 18.9 Å². The lowest BCUT2D eigenvalue weighted by molar-refractivity contribution is 0.0497. The molecule has 0 aliphatic heterocycles. The fourth-order valence-electron chi connectivity index (χ4n) is 3.29. The third-order valence-electron chi connectivity index (χ3n) is 4.80. The molecule has 1 aromatic carbocycles. The zero-order chi connectivity index (χ0) is 19.7. The monoisotopic (exact) mass is 378 g/mol. The molecule has 1 aliphatic carbocycles. The Morgan fingerprint density at radius 2 is 1.96 bits per heavy atom. The third kappa shape index (κ3) is 4.50. The number of alkyl carbamates (subject to hydrolysis) is 1. The molecule has 2 heterocycles. The number of H-pyrrole nitrogens is 1. The van der Waals surface area contributed by atoms with Crippen molar-refractivity contribution in [1.29, 1.82) is 0 Å². The van der Waals surface area contributed by atoms with E-state index in [1.54, 1.807) is 12.4 Å². The first-order chi connectivity index (χ1) is 13.4. The third-order valence-corrected chi connectivity index (χ3v) is 4.80. The number of pyridine rings is 1. The number of carbonyl (C=O) groups excluding carboxylic acids is 1. The van der Waals surface area contributed by atoms with Crippen molar-refractivity contribution in [3.05, 3.63) is 48.5 Å². The summed E-state index contributed by atoms with van der Waals surface area (Å²) in [6, 6.07) is 9.94. The van der Waals surface area contributed by atoms with Gasteiger partial charge in [-0.05, 0) is 68.5 Å². The van der Waals surface area contributed by atoms with E-state index in [1.165, 1.54) is 12.8 Å². The highest BCUT2D eigenvalue weighted by molar-refractivity contribution is 5.82. The van der Waals surface area contributed by atoms with Gasteiger partial charge in [-0.3, -0.25) is 4.98 Å². The number of nitrogens with zero attached hydrogens (tertiary/aromatic N) is 2. The normalized spacial score (nSPS) is 15.4. The maximum atomic E-state index is 12.3. The molecule has 0 bridgehead atoms. The number of benzene rings is 1. The molecule has 1 aliphatic rings. The lowest BCUT2D eigenvalue weighted by atomic mass is 10.1. The number of hydrogen-bond acceptors (Lipinski definition) is 4. The van der Waals surface area contributed by atoms with Crippen LogP contribution >= 0.6 is 0 Å². The highest BCUT2D eigenvalue weighted by Gasteiger charge is 2.30. The predicted octanol–water partition coefficient (Wildman–Crippen LogP) is 4.99. The summed E-state index contributed by atoms with van der Waals surface area (Å²) in [4.78, 5) is 24.5. The summed E-state index contributed by atoms with van der Waals surface area (Å²) in [5.41, 5.74) is 3.52. The molecule has 1 atom stereocenters. The topological polar surface area (TPSA) is 79.9 Å². The molecule has 2 aromatic heterocycles. The van der Waals surface area contributed by atoms with Crippen molar-refractivity contribution in [3.63, 3.8) is 0 Å². The molecule has 1 amide bonds. The second-order valence-electron chi connectivity index (χ2n) is 8.47. The van der Waals surface area contributed by atoms with Gasteiger partial charge in [0.1, 0.15) is 11.4 Å². The SMILES string of the molecule is CC(C)(C)OC(=O)N[C@H](CC1CC1)c1nc2ccc(-c3ccncc3)cc2[nH]1. The van der Waals surface area contributed by atoms with Crippen LogP contribution in [0.4, 0.5) is 4.79 Å². The number of fused-ring (bicyclic) bond motifs is 1. The van der Waals surface area contributed by atoms with Crippen molar-refractivity contribution >= 4 is 17.1 Å². The summed E-state index contributed by atoms with van der Waals surface area (Å²) < 4.78 is 5.45. The summed E-state index contributed by atoms with van der Waals surface area (Å²) in [5, 5.41) is 3.01. The number of amides is 1. The van der Waals surface area contributed by atoms with Crippen LogP contribution in [0.3, 0.4) is 0 Å². The molecular formula is C22H26N4O2. The van der Waals surface area contributed by atoms with E-state index in [0.29, 0.717) is 5.92 Å². The molecule has 1 fully saturated rings. The second kappa shape index (κ2) is 7.26. The highest BCUT2D eigenvalue weighted by Crippen LogP contribution is 2.37. The van der Waals surface area contributed by atoms with Crippen LogP contribution in [-0.2, 0) is 4.74 Å². The van der Waals surface area contributed by atoms with Crippen molar-refractivity contribution in [1.82, 2.24) is 20.3 Å². The molecule has 6 nitrogen and oxygen atoms in total. The molecule has 1 saturated carbocycles. The summed E-state index contributed by atoms with van der Waals surface area (Å²) in [6.45, 7) is 5.60. The smallest absolute Gasteiger partial charge is 0.408 e. The van der Waals surface area contributed by atoms with Gasteiger partial charge in [0.15, 0.2) is 0 Å². The molecular weight excluding hydrogens is 352 g/mol. The van der Waals surface area contributed by atoms with Crippen LogP contribution in [0.5, 0.6) is 0 Å². The number of hydrogen-bond donors (Lipinski definition) is 2. The number of rotatable bonds is 5. The first-order valence-corrected chi connectivity index (χ1v) is 9.77. The lowest BCUT2D eigenvalue weighted by Gasteiger charge is -2.22. The molecule has 3 aromatic rings. The Bertz CT molecular complexity index is 971. The van der Waals surface area contributed by atoms with E-state index in [0.717, 1.165) is 34.4 Å². The van der Waals surface area contributed by atoms with Crippen molar-refractivity contribution in [3.8, 4) is 11.1 Å². The number of imidazole rings is 1. The molecule has 6 heteroatoms. The maximum Gasteiger partial charge on any atom is 0.408 e. The van der Waals surface area contributed by atoms with Gasteiger partial charge in [0, 0.05) is 12.4 Å². The van der Waals surface area contributed by atoms with Crippen LogP contribution in [0.25, 0.3) is 22.2 Å². The molecule has 28 heavy (non-hydrogen) atoms. The summed E-state index contributed by atoms with van der Waals surface area (Å²) in [7, 11) is 0. The van der Waals surface area contributed by atoms with Crippen molar-refractivity contribution < 1.29 is 9.53 Å². The van der Waals surface area contributed by atoms with Crippen LogP contribution in [0.2, 0.25) is 0 Å². The highest BCUT2D eigenvalue weighted by atomic mass is 16.6. The van der Waals surface area contributed by atoms with Gasteiger partial charge >= 0.3 is 6.09 Å². The Balaban J connectivity index is 1.59. The van der Waals surface area contributed by atoms with E-state index >= 15 is 0 Å². The van der Waals surface area contributed by atoms with Gasteiger partial charge < -0.3 is 15.0 Å². The summed E-state index contributed by atoms with van der Waals surface area (Å²) >= 11 is 0. The number of aromatic nitrogens is 3. The second-order valence-corrected chi connectivity index (χ2v) is 8.47. The zero-order valence-electron chi connectivity index (χ0n) is 16.5. The maximum absolute atomic E-state index is 12.3. The van der Waals surface area contributed by atoms with Crippen molar-refractivity contribution in [2.75, 3.05) is 0 Å². The number of nitrogens with one attached hydrogen (secondary N) is 2. The van der Waals surface area contributed by atoms with Crippen LogP contribution in [0.15, 0.2) is 42.7 Å². The van der Waals surface area contributed by atoms with Crippen molar-refractivity contribution in [2.24, 2.45) is 5.92 Å². The van der Waals surface area contributed by atoms with Gasteiger partial charge in [0.25, 0.3) is 0 Å². The number of aromatic amines is 1.